The van der Waals surface area contributed by atoms with Gasteiger partial charge in [-0.05, 0) is 66.1 Å². The topological polar surface area (TPSA) is 70.2 Å². The summed E-state index contributed by atoms with van der Waals surface area (Å²) >= 11 is 2.79. The van der Waals surface area contributed by atoms with E-state index in [0.717, 1.165) is 21.9 Å². The fraction of sp³-hybridized carbons (Fsp3) is 0.320. The molecule has 2 bridgehead atoms. The first-order valence-electron chi connectivity index (χ1n) is 11.2. The average molecular weight is 497 g/mol. The lowest BCUT2D eigenvalue weighted by Crippen LogP contribution is -2.42. The lowest BCUT2D eigenvalue weighted by Gasteiger charge is -2.43. The van der Waals surface area contributed by atoms with Crippen molar-refractivity contribution in [2.45, 2.75) is 22.6 Å². The maximum Gasteiger partial charge on any atom is 0.305 e. The van der Waals surface area contributed by atoms with Crippen molar-refractivity contribution in [3.8, 4) is 0 Å². The molecule has 2 aliphatic heterocycles. The van der Waals surface area contributed by atoms with Gasteiger partial charge < -0.3 is 4.98 Å². The van der Waals surface area contributed by atoms with Crippen LogP contribution in [0.5, 0.6) is 0 Å². The van der Waals surface area contributed by atoms with E-state index >= 15 is 0 Å². The molecule has 172 valence electrons. The minimum atomic E-state index is -0.426. The number of nitrogens with one attached hydrogen (secondary N) is 1. The van der Waals surface area contributed by atoms with E-state index in [1.165, 1.54) is 52.6 Å². The standard InChI is InChI=1S/C25H18F2N2O3S2/c26-11-3-1-10(2-4-11)16-17-14-9-15(20(17)33-22-21(16)34-25(32)28-22)19-18(14)23(30)29(24(19)31)13-7-5-12(27)6-8-13/h1-8,14-20H,9H2,(H,28,32)/t14?,15?,16-,17?,18?,19?,20?/m1/s1. The van der Waals surface area contributed by atoms with E-state index in [1.807, 2.05) is 0 Å². The van der Waals surface area contributed by atoms with Crippen LogP contribution < -0.4 is 9.77 Å². The van der Waals surface area contributed by atoms with Gasteiger partial charge in [-0.2, -0.15) is 0 Å². The third-order valence-corrected chi connectivity index (χ3v) is 10.6. The number of fused-ring (bicyclic) bond motifs is 9. The molecule has 2 aliphatic carbocycles. The molecule has 6 unspecified atom stereocenters. The highest BCUT2D eigenvalue weighted by molar-refractivity contribution is 8.00. The van der Waals surface area contributed by atoms with Crippen molar-refractivity contribution in [1.29, 1.82) is 0 Å². The number of nitrogens with zero attached hydrogens (tertiary/aromatic N) is 1. The Morgan fingerprint density at radius 1 is 0.853 bits per heavy atom. The zero-order chi connectivity index (χ0) is 23.3. The first-order chi connectivity index (χ1) is 16.4. The van der Waals surface area contributed by atoms with Crippen molar-refractivity contribution in [2.75, 3.05) is 4.90 Å². The first-order valence-corrected chi connectivity index (χ1v) is 12.9. The van der Waals surface area contributed by atoms with Gasteiger partial charge in [0, 0.05) is 16.0 Å². The van der Waals surface area contributed by atoms with Crippen LogP contribution in [0.1, 0.15) is 22.8 Å². The zero-order valence-electron chi connectivity index (χ0n) is 17.6. The Kier molecular flexibility index (Phi) is 4.31. The van der Waals surface area contributed by atoms with Gasteiger partial charge in [-0.15, -0.1) is 11.8 Å². The second-order valence-corrected chi connectivity index (χ2v) is 11.7. The molecule has 3 heterocycles. The molecule has 1 saturated heterocycles. The molecule has 3 aromatic rings. The Morgan fingerprint density at radius 3 is 2.15 bits per heavy atom. The molecular formula is C25H18F2N2O3S2. The summed E-state index contributed by atoms with van der Waals surface area (Å²) in [6, 6.07) is 11.8. The number of thioether (sulfide) groups is 1. The molecule has 7 atom stereocenters. The highest BCUT2D eigenvalue weighted by atomic mass is 32.2. The van der Waals surface area contributed by atoms with Crippen LogP contribution in [-0.4, -0.2) is 22.0 Å². The summed E-state index contributed by atoms with van der Waals surface area (Å²) in [5.74, 6) is -2.10. The van der Waals surface area contributed by atoms with E-state index in [9.17, 15) is 23.2 Å². The summed E-state index contributed by atoms with van der Waals surface area (Å²) in [6.45, 7) is 0. The summed E-state index contributed by atoms with van der Waals surface area (Å²) < 4.78 is 27.2. The molecule has 2 amide bonds. The first kappa shape index (κ1) is 20.6. The third-order valence-electron chi connectivity index (χ3n) is 8.04. The van der Waals surface area contributed by atoms with Crippen molar-refractivity contribution in [3.63, 3.8) is 0 Å². The van der Waals surface area contributed by atoms with Crippen molar-refractivity contribution in [3.05, 3.63) is 80.3 Å². The largest absolute Gasteiger partial charge is 0.307 e. The number of imide groups is 1. The monoisotopic (exact) mass is 496 g/mol. The van der Waals surface area contributed by atoms with Crippen LogP contribution in [0.2, 0.25) is 0 Å². The number of amides is 2. The molecule has 7 rings (SSSR count). The van der Waals surface area contributed by atoms with Crippen LogP contribution in [0.15, 0.2) is 58.4 Å². The number of carbonyl (C=O) groups excluding carboxylic acids is 2. The quantitative estimate of drug-likeness (QED) is 0.535. The highest BCUT2D eigenvalue weighted by Crippen LogP contribution is 2.68. The van der Waals surface area contributed by atoms with E-state index < -0.39 is 17.7 Å². The van der Waals surface area contributed by atoms with Crippen molar-refractivity contribution in [1.82, 2.24) is 4.98 Å². The molecule has 1 aromatic heterocycles. The molecule has 3 fully saturated rings. The van der Waals surface area contributed by atoms with Gasteiger partial charge in [-0.25, -0.2) is 8.78 Å². The van der Waals surface area contributed by atoms with Gasteiger partial charge in [0.25, 0.3) is 0 Å². The smallest absolute Gasteiger partial charge is 0.305 e. The Bertz CT molecular complexity index is 1400. The molecular weight excluding hydrogens is 478 g/mol. The molecule has 34 heavy (non-hydrogen) atoms. The maximum absolute atomic E-state index is 13.7. The number of benzene rings is 2. The van der Waals surface area contributed by atoms with Gasteiger partial charge >= 0.3 is 4.87 Å². The fourth-order valence-corrected chi connectivity index (χ4v) is 9.79. The zero-order valence-corrected chi connectivity index (χ0v) is 19.2. The second-order valence-electron chi connectivity index (χ2n) is 9.50. The number of halogens is 2. The summed E-state index contributed by atoms with van der Waals surface area (Å²) in [5, 5.41) is 0.894. The van der Waals surface area contributed by atoms with E-state index in [0.29, 0.717) is 5.69 Å². The number of anilines is 1. The van der Waals surface area contributed by atoms with E-state index in [4.69, 9.17) is 0 Å². The number of thiazole rings is 1. The van der Waals surface area contributed by atoms with E-state index in [-0.39, 0.29) is 51.4 Å². The van der Waals surface area contributed by atoms with Crippen LogP contribution in [-0.2, 0) is 9.59 Å². The molecule has 1 N–H and O–H groups in total. The number of aromatic amines is 1. The molecule has 9 heteroatoms. The molecule has 5 nitrogen and oxygen atoms in total. The SMILES string of the molecule is O=C1C2C3CC(C2C(=O)N1c1ccc(F)cc1)C1C3Sc2[nH]c(=O)sc2[C@@H]1c1ccc(F)cc1. The van der Waals surface area contributed by atoms with Gasteiger partial charge in [0.2, 0.25) is 11.8 Å². The van der Waals surface area contributed by atoms with E-state index in [2.05, 4.69) is 4.98 Å². The third kappa shape index (κ3) is 2.68. The summed E-state index contributed by atoms with van der Waals surface area (Å²) in [6.07, 6.45) is 0.781. The van der Waals surface area contributed by atoms with E-state index in [1.54, 1.807) is 23.9 Å². The van der Waals surface area contributed by atoms with Gasteiger partial charge in [0.05, 0.1) is 22.5 Å². The summed E-state index contributed by atoms with van der Waals surface area (Å²) in [4.78, 5) is 44.3. The highest BCUT2D eigenvalue weighted by Gasteiger charge is 2.69. The van der Waals surface area contributed by atoms with Crippen LogP contribution in [0.3, 0.4) is 0 Å². The average Bonchev–Trinajstić information content (AvgIpc) is 3.54. The number of carbonyl (C=O) groups is 2. The number of hydrogen-bond donors (Lipinski definition) is 1. The lowest BCUT2D eigenvalue weighted by atomic mass is 9.68. The van der Waals surface area contributed by atoms with Gasteiger partial charge in [0.15, 0.2) is 0 Å². The summed E-state index contributed by atoms with van der Waals surface area (Å²) in [7, 11) is 0. The molecule has 2 saturated carbocycles. The number of H-pyrrole nitrogens is 1. The Hall–Kier alpha value is -2.78. The summed E-state index contributed by atoms with van der Waals surface area (Å²) in [5.41, 5.74) is 1.32. The Balaban J connectivity index is 1.32. The minimum absolute atomic E-state index is 0.00592. The van der Waals surface area contributed by atoms with Crippen molar-refractivity contribution in [2.24, 2.45) is 29.6 Å². The minimum Gasteiger partial charge on any atom is -0.307 e. The predicted molar refractivity (Wildman–Crippen MR) is 124 cm³/mol. The fourth-order valence-electron chi connectivity index (χ4n) is 6.90. The van der Waals surface area contributed by atoms with Crippen LogP contribution in [0.4, 0.5) is 14.5 Å². The second kappa shape index (κ2) is 7.11. The van der Waals surface area contributed by atoms with Gasteiger partial charge in [0.1, 0.15) is 11.6 Å². The van der Waals surface area contributed by atoms with Crippen LogP contribution >= 0.6 is 23.1 Å². The maximum atomic E-state index is 13.7. The molecule has 2 aromatic carbocycles. The lowest BCUT2D eigenvalue weighted by molar-refractivity contribution is -0.123. The molecule has 4 aliphatic rings. The normalized spacial score (nSPS) is 33.2. The van der Waals surface area contributed by atoms with Crippen molar-refractivity contribution < 1.29 is 18.4 Å². The van der Waals surface area contributed by atoms with Crippen LogP contribution in [0, 0.1) is 41.2 Å². The number of rotatable bonds is 2. The Labute approximate surface area is 201 Å². The predicted octanol–water partition coefficient (Wildman–Crippen LogP) is 4.39. The molecule has 0 spiro atoms. The van der Waals surface area contributed by atoms with Crippen LogP contribution in [0.25, 0.3) is 0 Å². The van der Waals surface area contributed by atoms with Gasteiger partial charge in [-0.3, -0.25) is 19.3 Å². The molecule has 0 radical (unpaired) electrons. The Morgan fingerprint density at radius 2 is 1.47 bits per heavy atom. The number of aromatic nitrogens is 1. The number of hydrogen-bond acceptors (Lipinski definition) is 5. The van der Waals surface area contributed by atoms with Gasteiger partial charge in [-0.1, -0.05) is 23.5 Å². The van der Waals surface area contributed by atoms with Crippen molar-refractivity contribution >= 4 is 40.6 Å².